The van der Waals surface area contributed by atoms with E-state index in [0.717, 1.165) is 11.5 Å². The van der Waals surface area contributed by atoms with Crippen LogP contribution in [0.5, 0.6) is 0 Å². The molecule has 0 saturated carbocycles. The highest BCUT2D eigenvalue weighted by Gasteiger charge is 2.44. The minimum Gasteiger partial charge on any atom is -0.478 e. The highest BCUT2D eigenvalue weighted by atomic mass is 16.6. The number of aliphatic hydroxyl groups excluding tert-OH is 4. The fraction of sp³-hybridized carbons (Fsp3) is 0.353. The largest absolute Gasteiger partial charge is 0.478 e. The molecule has 1 fully saturated rings. The van der Waals surface area contributed by atoms with Crippen LogP contribution in [-0.2, 0) is 9.53 Å². The van der Waals surface area contributed by atoms with Gasteiger partial charge in [-0.1, -0.05) is 18.2 Å². The second-order valence-electron chi connectivity index (χ2n) is 5.90. The van der Waals surface area contributed by atoms with E-state index in [1.807, 2.05) is 0 Å². The molecule has 1 aromatic heterocycles. The standard InChI is InChI=1S/C17H19NO7/c19-8-12-14(22)15(23)16(24)17(25-12)18-7-9(5-6-13(20)21)10-3-1-2-4-11(10)18/h1-7,12,14-17,19,22-24H,8H2,(H,20,21). The summed E-state index contributed by atoms with van der Waals surface area (Å²) in [5.74, 6) is -1.09. The summed E-state index contributed by atoms with van der Waals surface area (Å²) >= 11 is 0. The highest BCUT2D eigenvalue weighted by Crippen LogP contribution is 2.33. The Hall–Kier alpha value is -2.23. The van der Waals surface area contributed by atoms with Crippen molar-refractivity contribution in [2.75, 3.05) is 6.61 Å². The lowest BCUT2D eigenvalue weighted by Gasteiger charge is -2.40. The molecule has 8 nitrogen and oxygen atoms in total. The van der Waals surface area contributed by atoms with E-state index in [-0.39, 0.29) is 0 Å². The van der Waals surface area contributed by atoms with Gasteiger partial charge < -0.3 is 34.8 Å². The first-order chi connectivity index (χ1) is 11.9. The Kier molecular flexibility index (Phi) is 4.89. The van der Waals surface area contributed by atoms with Crippen molar-refractivity contribution >= 4 is 22.9 Å². The lowest BCUT2D eigenvalue weighted by molar-refractivity contribution is -0.250. The Labute approximate surface area is 142 Å². The van der Waals surface area contributed by atoms with Crippen molar-refractivity contribution in [2.24, 2.45) is 0 Å². The van der Waals surface area contributed by atoms with E-state index in [0.29, 0.717) is 11.1 Å². The normalized spacial score (nSPS) is 30.2. The maximum atomic E-state index is 10.8. The third-order valence-electron chi connectivity index (χ3n) is 4.32. The topological polar surface area (TPSA) is 132 Å². The number of para-hydroxylation sites is 1. The molecule has 134 valence electrons. The maximum absolute atomic E-state index is 10.8. The lowest BCUT2D eigenvalue weighted by atomic mass is 9.98. The number of hydrogen-bond acceptors (Lipinski definition) is 6. The number of benzene rings is 1. The molecule has 0 radical (unpaired) electrons. The molecule has 8 heteroatoms. The Bertz CT molecular complexity index is 797. The number of aromatic nitrogens is 1. The summed E-state index contributed by atoms with van der Waals surface area (Å²) in [5, 5.41) is 49.1. The van der Waals surface area contributed by atoms with Gasteiger partial charge in [-0.25, -0.2) is 4.79 Å². The summed E-state index contributed by atoms with van der Waals surface area (Å²) in [6, 6.07) is 7.11. The van der Waals surface area contributed by atoms with E-state index in [1.165, 1.54) is 6.08 Å². The van der Waals surface area contributed by atoms with Crippen LogP contribution in [0, 0.1) is 0 Å². The summed E-state index contributed by atoms with van der Waals surface area (Å²) < 4.78 is 7.13. The lowest BCUT2D eigenvalue weighted by Crippen LogP contribution is -2.56. The maximum Gasteiger partial charge on any atom is 0.328 e. The van der Waals surface area contributed by atoms with E-state index in [9.17, 15) is 25.2 Å². The molecule has 0 amide bonds. The molecule has 5 atom stereocenters. The first-order valence-electron chi connectivity index (χ1n) is 7.75. The van der Waals surface area contributed by atoms with Gasteiger partial charge in [0.15, 0.2) is 6.23 Å². The van der Waals surface area contributed by atoms with Crippen molar-refractivity contribution in [3.63, 3.8) is 0 Å². The first-order valence-corrected chi connectivity index (χ1v) is 7.75. The predicted molar refractivity (Wildman–Crippen MR) is 87.6 cm³/mol. The highest BCUT2D eigenvalue weighted by molar-refractivity contribution is 5.93. The van der Waals surface area contributed by atoms with Crippen LogP contribution in [0.25, 0.3) is 17.0 Å². The second-order valence-corrected chi connectivity index (χ2v) is 5.90. The number of nitrogens with zero attached hydrogens (tertiary/aromatic N) is 1. The van der Waals surface area contributed by atoms with E-state index in [1.54, 1.807) is 35.0 Å². The van der Waals surface area contributed by atoms with E-state index >= 15 is 0 Å². The van der Waals surface area contributed by atoms with Gasteiger partial charge in [0.2, 0.25) is 0 Å². The van der Waals surface area contributed by atoms with Gasteiger partial charge in [-0.05, 0) is 12.1 Å². The van der Waals surface area contributed by atoms with Gasteiger partial charge in [-0.15, -0.1) is 0 Å². The predicted octanol–water partition coefficient (Wildman–Crippen LogP) is -0.289. The molecule has 25 heavy (non-hydrogen) atoms. The van der Waals surface area contributed by atoms with Gasteiger partial charge in [-0.2, -0.15) is 0 Å². The zero-order valence-electron chi connectivity index (χ0n) is 13.1. The number of carboxylic acids is 1. The van der Waals surface area contributed by atoms with Crippen LogP contribution in [0.1, 0.15) is 11.8 Å². The van der Waals surface area contributed by atoms with Crippen LogP contribution in [0.3, 0.4) is 0 Å². The molecular weight excluding hydrogens is 330 g/mol. The Morgan fingerprint density at radius 1 is 1.16 bits per heavy atom. The molecule has 2 aromatic rings. The first kappa shape index (κ1) is 17.6. The molecule has 0 bridgehead atoms. The zero-order chi connectivity index (χ0) is 18.1. The van der Waals surface area contributed by atoms with E-state index < -0.39 is 43.2 Å². The molecule has 1 aliphatic rings. The van der Waals surface area contributed by atoms with Crippen molar-refractivity contribution in [3.05, 3.63) is 42.1 Å². The number of aliphatic carboxylic acids is 1. The van der Waals surface area contributed by atoms with Gasteiger partial charge in [0.05, 0.1) is 12.1 Å². The second kappa shape index (κ2) is 6.95. The summed E-state index contributed by atoms with van der Waals surface area (Å²) in [6.45, 7) is -0.521. The molecule has 2 heterocycles. The zero-order valence-corrected chi connectivity index (χ0v) is 13.1. The number of hydrogen-bond donors (Lipinski definition) is 5. The monoisotopic (exact) mass is 349 g/mol. The van der Waals surface area contributed by atoms with Crippen LogP contribution >= 0.6 is 0 Å². The van der Waals surface area contributed by atoms with E-state index in [2.05, 4.69) is 0 Å². The molecule has 1 aliphatic heterocycles. The van der Waals surface area contributed by atoms with Crippen LogP contribution in [0.15, 0.2) is 36.5 Å². The number of fused-ring (bicyclic) bond motifs is 1. The summed E-state index contributed by atoms with van der Waals surface area (Å²) in [6.07, 6.45) is -2.42. The average molecular weight is 349 g/mol. The molecule has 5 unspecified atom stereocenters. The molecule has 1 saturated heterocycles. The molecular formula is C17H19NO7. The van der Waals surface area contributed by atoms with Gasteiger partial charge >= 0.3 is 5.97 Å². The third kappa shape index (κ3) is 3.17. The molecule has 3 rings (SSSR count). The molecule has 1 aromatic carbocycles. The van der Waals surface area contributed by atoms with Crippen LogP contribution < -0.4 is 0 Å². The number of ether oxygens (including phenoxy) is 1. The number of carboxylic acid groups (broad SMARTS) is 1. The van der Waals surface area contributed by atoms with Gasteiger partial charge in [0, 0.05) is 23.2 Å². The Morgan fingerprint density at radius 3 is 2.56 bits per heavy atom. The fourth-order valence-corrected chi connectivity index (χ4v) is 3.05. The van der Waals surface area contributed by atoms with Crippen molar-refractivity contribution in [1.29, 1.82) is 0 Å². The van der Waals surface area contributed by atoms with Gasteiger partial charge in [0.25, 0.3) is 0 Å². The smallest absolute Gasteiger partial charge is 0.328 e. The molecule has 0 aliphatic carbocycles. The molecule has 0 spiro atoms. The SMILES string of the molecule is O=C(O)C=Cc1cn(C2OC(CO)C(O)C(O)C2O)c2ccccc12. The average Bonchev–Trinajstić information content (AvgIpc) is 2.97. The number of rotatable bonds is 4. The summed E-state index contributed by atoms with van der Waals surface area (Å²) in [4.78, 5) is 10.8. The van der Waals surface area contributed by atoms with Crippen LogP contribution in [0.2, 0.25) is 0 Å². The number of carbonyl (C=O) groups is 1. The minimum atomic E-state index is -1.49. The van der Waals surface area contributed by atoms with Crippen LogP contribution in [-0.4, -0.2) is 67.1 Å². The van der Waals surface area contributed by atoms with Crippen molar-refractivity contribution in [3.8, 4) is 0 Å². The quantitative estimate of drug-likeness (QED) is 0.479. The Morgan fingerprint density at radius 2 is 1.88 bits per heavy atom. The van der Waals surface area contributed by atoms with Crippen molar-refractivity contribution in [1.82, 2.24) is 4.57 Å². The fourth-order valence-electron chi connectivity index (χ4n) is 3.05. The third-order valence-corrected chi connectivity index (χ3v) is 4.32. The minimum absolute atomic E-state index is 0.521. The summed E-state index contributed by atoms with van der Waals surface area (Å²) in [5.41, 5.74) is 1.24. The van der Waals surface area contributed by atoms with Gasteiger partial charge in [0.1, 0.15) is 24.4 Å². The van der Waals surface area contributed by atoms with Gasteiger partial charge in [-0.3, -0.25) is 0 Å². The van der Waals surface area contributed by atoms with Crippen molar-refractivity contribution < 1.29 is 35.1 Å². The van der Waals surface area contributed by atoms with Crippen molar-refractivity contribution in [2.45, 2.75) is 30.6 Å². The summed E-state index contributed by atoms with van der Waals surface area (Å²) in [7, 11) is 0. The number of aliphatic hydroxyl groups is 4. The Balaban J connectivity index is 2.07. The van der Waals surface area contributed by atoms with E-state index in [4.69, 9.17) is 9.84 Å². The van der Waals surface area contributed by atoms with Crippen LogP contribution in [0.4, 0.5) is 0 Å². The molecule has 5 N–H and O–H groups in total.